The molecular weight excluding hydrogens is 254 g/mol. The Morgan fingerprint density at radius 1 is 1.50 bits per heavy atom. The summed E-state index contributed by atoms with van der Waals surface area (Å²) in [5, 5.41) is 2.94. The predicted molar refractivity (Wildman–Crippen MR) is 69.5 cm³/mol. The normalized spacial score (nSPS) is 9.94. The zero-order valence-corrected chi connectivity index (χ0v) is 11.2. The minimum Gasteiger partial charge on any atom is -0.358 e. The second-order valence-electron chi connectivity index (χ2n) is 3.76. The summed E-state index contributed by atoms with van der Waals surface area (Å²) in [6, 6.07) is 3.09. The minimum atomic E-state index is -0.289. The molecule has 18 heavy (non-hydrogen) atoms. The van der Waals surface area contributed by atoms with Crippen LogP contribution in [0.4, 0.5) is 0 Å². The second-order valence-corrected chi connectivity index (χ2v) is 4.20. The molecule has 98 valence electrons. The van der Waals surface area contributed by atoms with Crippen LogP contribution in [0.5, 0.6) is 0 Å². The number of pyridine rings is 1. The molecule has 0 fully saturated rings. The van der Waals surface area contributed by atoms with Gasteiger partial charge in [-0.3, -0.25) is 14.6 Å². The zero-order valence-electron chi connectivity index (χ0n) is 10.4. The molecule has 5 nitrogen and oxygen atoms in total. The Kier molecular flexibility index (Phi) is 5.58. The second kappa shape index (κ2) is 6.96. The van der Waals surface area contributed by atoms with Crippen molar-refractivity contribution >= 4 is 23.4 Å². The highest BCUT2D eigenvalue weighted by molar-refractivity contribution is 6.30. The number of rotatable bonds is 5. The van der Waals surface area contributed by atoms with Gasteiger partial charge in [0.1, 0.15) is 5.69 Å². The number of nitrogens with one attached hydrogen (secondary N) is 1. The molecule has 0 aromatic carbocycles. The van der Waals surface area contributed by atoms with Gasteiger partial charge in [-0.15, -0.1) is 0 Å². The Balaban J connectivity index is 2.85. The van der Waals surface area contributed by atoms with Crippen molar-refractivity contribution in [2.75, 3.05) is 20.1 Å². The van der Waals surface area contributed by atoms with E-state index in [1.165, 1.54) is 24.2 Å². The van der Waals surface area contributed by atoms with Crippen LogP contribution in [-0.2, 0) is 4.79 Å². The summed E-state index contributed by atoms with van der Waals surface area (Å²) >= 11 is 5.81. The molecule has 0 spiro atoms. The van der Waals surface area contributed by atoms with E-state index in [0.717, 1.165) is 6.42 Å². The van der Waals surface area contributed by atoms with E-state index >= 15 is 0 Å². The van der Waals surface area contributed by atoms with Gasteiger partial charge in [-0.2, -0.15) is 0 Å². The molecule has 1 rings (SSSR count). The summed E-state index contributed by atoms with van der Waals surface area (Å²) in [5.74, 6) is -0.498. The quantitative estimate of drug-likeness (QED) is 0.877. The summed E-state index contributed by atoms with van der Waals surface area (Å²) in [7, 11) is 1.54. The summed E-state index contributed by atoms with van der Waals surface area (Å²) in [4.78, 5) is 28.9. The first-order valence-electron chi connectivity index (χ1n) is 5.70. The number of hydrogen-bond acceptors (Lipinski definition) is 3. The van der Waals surface area contributed by atoms with Gasteiger partial charge in [0, 0.05) is 24.8 Å². The summed E-state index contributed by atoms with van der Waals surface area (Å²) < 4.78 is 0. The third-order valence-electron chi connectivity index (χ3n) is 2.34. The van der Waals surface area contributed by atoms with E-state index < -0.39 is 0 Å². The Morgan fingerprint density at radius 3 is 2.78 bits per heavy atom. The van der Waals surface area contributed by atoms with Gasteiger partial charge in [0.05, 0.1) is 6.54 Å². The first kappa shape index (κ1) is 14.4. The van der Waals surface area contributed by atoms with Gasteiger partial charge in [-0.25, -0.2) is 0 Å². The van der Waals surface area contributed by atoms with Crippen LogP contribution in [-0.4, -0.2) is 41.8 Å². The fraction of sp³-hybridized carbons (Fsp3) is 0.417. The number of carbonyl (C=O) groups is 2. The smallest absolute Gasteiger partial charge is 0.272 e. The van der Waals surface area contributed by atoms with E-state index in [1.54, 1.807) is 6.07 Å². The van der Waals surface area contributed by atoms with Gasteiger partial charge in [-0.05, 0) is 18.6 Å². The number of carbonyl (C=O) groups excluding carboxylic acids is 2. The number of halogens is 1. The molecule has 1 aromatic heterocycles. The maximum atomic E-state index is 12.2. The third kappa shape index (κ3) is 4.00. The maximum absolute atomic E-state index is 12.2. The first-order chi connectivity index (χ1) is 8.58. The minimum absolute atomic E-state index is 0.0252. The molecule has 0 aliphatic carbocycles. The molecule has 0 aliphatic rings. The highest BCUT2D eigenvalue weighted by Gasteiger charge is 2.18. The summed E-state index contributed by atoms with van der Waals surface area (Å²) in [5.41, 5.74) is 0.250. The molecule has 0 radical (unpaired) electrons. The Labute approximate surface area is 111 Å². The van der Waals surface area contributed by atoms with Gasteiger partial charge < -0.3 is 10.2 Å². The summed E-state index contributed by atoms with van der Waals surface area (Å²) in [6.07, 6.45) is 2.24. The lowest BCUT2D eigenvalue weighted by molar-refractivity contribution is -0.121. The van der Waals surface area contributed by atoms with E-state index in [1.807, 2.05) is 6.92 Å². The molecule has 2 amide bonds. The molecule has 0 saturated carbocycles. The van der Waals surface area contributed by atoms with Crippen molar-refractivity contribution in [1.29, 1.82) is 0 Å². The Bertz CT molecular complexity index is 437. The van der Waals surface area contributed by atoms with Crippen LogP contribution >= 0.6 is 11.6 Å². The van der Waals surface area contributed by atoms with Gasteiger partial charge in [-0.1, -0.05) is 18.5 Å². The van der Waals surface area contributed by atoms with Crippen LogP contribution < -0.4 is 5.32 Å². The molecular formula is C12H16ClN3O2. The lowest BCUT2D eigenvalue weighted by Gasteiger charge is -2.20. The van der Waals surface area contributed by atoms with Crippen LogP contribution in [0.2, 0.25) is 5.02 Å². The summed E-state index contributed by atoms with van der Waals surface area (Å²) in [6.45, 7) is 2.47. The molecule has 1 aromatic rings. The number of hydrogen-bond donors (Lipinski definition) is 1. The predicted octanol–water partition coefficient (Wildman–Crippen LogP) is 1.33. The van der Waals surface area contributed by atoms with Crippen LogP contribution in [0.3, 0.4) is 0 Å². The fourth-order valence-electron chi connectivity index (χ4n) is 1.46. The number of nitrogens with zero attached hydrogens (tertiary/aromatic N) is 2. The van der Waals surface area contributed by atoms with Gasteiger partial charge in [0.2, 0.25) is 5.91 Å². The average molecular weight is 270 g/mol. The molecule has 1 heterocycles. The Hall–Kier alpha value is -1.62. The molecule has 0 aliphatic heterocycles. The molecule has 1 N–H and O–H groups in total. The molecule has 0 atom stereocenters. The van der Waals surface area contributed by atoms with E-state index in [9.17, 15) is 9.59 Å². The van der Waals surface area contributed by atoms with E-state index in [-0.39, 0.29) is 24.1 Å². The van der Waals surface area contributed by atoms with Gasteiger partial charge >= 0.3 is 0 Å². The van der Waals surface area contributed by atoms with Crippen LogP contribution in [0.25, 0.3) is 0 Å². The fourth-order valence-corrected chi connectivity index (χ4v) is 1.62. The number of likely N-dealkylation sites (N-methyl/N-ethyl adjacent to an activating group) is 1. The monoisotopic (exact) mass is 269 g/mol. The van der Waals surface area contributed by atoms with Crippen LogP contribution in [0.15, 0.2) is 18.3 Å². The van der Waals surface area contributed by atoms with Gasteiger partial charge in [0.25, 0.3) is 5.91 Å². The van der Waals surface area contributed by atoms with Crippen molar-refractivity contribution in [3.8, 4) is 0 Å². The van der Waals surface area contributed by atoms with Crippen molar-refractivity contribution in [2.45, 2.75) is 13.3 Å². The lowest BCUT2D eigenvalue weighted by atomic mass is 10.3. The first-order valence-corrected chi connectivity index (χ1v) is 6.07. The number of amides is 2. The molecule has 6 heteroatoms. The van der Waals surface area contributed by atoms with Crippen LogP contribution in [0, 0.1) is 0 Å². The van der Waals surface area contributed by atoms with E-state index in [0.29, 0.717) is 11.6 Å². The molecule has 0 unspecified atom stereocenters. The number of aromatic nitrogens is 1. The average Bonchev–Trinajstić information content (AvgIpc) is 2.37. The lowest BCUT2D eigenvalue weighted by Crippen LogP contribution is -2.40. The van der Waals surface area contributed by atoms with Crippen molar-refractivity contribution in [3.05, 3.63) is 29.0 Å². The van der Waals surface area contributed by atoms with Crippen molar-refractivity contribution in [2.24, 2.45) is 0 Å². The zero-order chi connectivity index (χ0) is 13.5. The molecule has 0 saturated heterocycles. The topological polar surface area (TPSA) is 62.3 Å². The van der Waals surface area contributed by atoms with Crippen molar-refractivity contribution in [3.63, 3.8) is 0 Å². The highest BCUT2D eigenvalue weighted by atomic mass is 35.5. The maximum Gasteiger partial charge on any atom is 0.272 e. The standard InChI is InChI=1S/C12H16ClN3O2/c1-3-6-16(8-11(17)14-2)12(18)10-7-9(13)4-5-15-10/h4-5,7H,3,6,8H2,1-2H3,(H,14,17). The van der Waals surface area contributed by atoms with E-state index in [4.69, 9.17) is 11.6 Å². The largest absolute Gasteiger partial charge is 0.358 e. The SMILES string of the molecule is CCCN(CC(=O)NC)C(=O)c1cc(Cl)ccn1. The van der Waals surface area contributed by atoms with E-state index in [2.05, 4.69) is 10.3 Å². The third-order valence-corrected chi connectivity index (χ3v) is 2.57. The van der Waals surface area contributed by atoms with Crippen molar-refractivity contribution in [1.82, 2.24) is 15.2 Å². The van der Waals surface area contributed by atoms with Gasteiger partial charge in [0.15, 0.2) is 0 Å². The molecule has 0 bridgehead atoms. The Morgan fingerprint density at radius 2 is 2.22 bits per heavy atom. The van der Waals surface area contributed by atoms with Crippen LogP contribution in [0.1, 0.15) is 23.8 Å². The highest BCUT2D eigenvalue weighted by Crippen LogP contribution is 2.10. The van der Waals surface area contributed by atoms with Crippen molar-refractivity contribution < 1.29 is 9.59 Å².